The highest BCUT2D eigenvalue weighted by Gasteiger charge is 2.06. The Hall–Kier alpha value is -1.51. The maximum atomic E-state index is 11.5. The van der Waals surface area contributed by atoms with E-state index in [1.165, 1.54) is 0 Å². The van der Waals surface area contributed by atoms with Gasteiger partial charge in [0.25, 0.3) is 0 Å². The monoisotopic (exact) mass is 235 g/mol. The van der Waals surface area contributed by atoms with Crippen LogP contribution in [-0.2, 0) is 4.74 Å². The summed E-state index contributed by atoms with van der Waals surface area (Å²) in [7, 11) is 0. The van der Waals surface area contributed by atoms with Gasteiger partial charge in [0.2, 0.25) is 0 Å². The maximum Gasteiger partial charge on any atom is 0.338 e. The van der Waals surface area contributed by atoms with E-state index in [2.05, 4.69) is 19.2 Å². The molecule has 0 atom stereocenters. The van der Waals surface area contributed by atoms with Crippen molar-refractivity contribution in [3.05, 3.63) is 29.8 Å². The molecule has 1 rings (SSSR count). The number of nitrogens with one attached hydrogen (secondary N) is 1. The molecule has 0 saturated heterocycles. The first-order valence-electron chi connectivity index (χ1n) is 6.14. The van der Waals surface area contributed by atoms with Crippen molar-refractivity contribution >= 4 is 11.7 Å². The summed E-state index contributed by atoms with van der Waals surface area (Å²) < 4.78 is 4.96. The highest BCUT2D eigenvalue weighted by Crippen LogP contribution is 2.12. The fraction of sp³-hybridized carbons (Fsp3) is 0.500. The van der Waals surface area contributed by atoms with Gasteiger partial charge in [0.1, 0.15) is 0 Å². The molecule has 0 aliphatic rings. The molecule has 3 heteroatoms. The number of esters is 1. The Balaban J connectivity index is 2.56. The van der Waals surface area contributed by atoms with Gasteiger partial charge in [0.15, 0.2) is 0 Å². The molecule has 0 aliphatic heterocycles. The Morgan fingerprint density at radius 2 is 2.18 bits per heavy atom. The van der Waals surface area contributed by atoms with Crippen LogP contribution in [0, 0.1) is 5.92 Å². The van der Waals surface area contributed by atoms with Crippen LogP contribution in [0.1, 0.15) is 37.6 Å². The molecular weight excluding hydrogens is 214 g/mol. The Bertz CT molecular complexity index is 361. The third-order valence-corrected chi connectivity index (χ3v) is 2.42. The molecular formula is C14H21NO2. The SMILES string of the molecule is CCOC(=O)c1cccc(NCCC(C)C)c1. The molecule has 94 valence electrons. The molecule has 0 spiro atoms. The third-order valence-electron chi connectivity index (χ3n) is 2.42. The average molecular weight is 235 g/mol. The molecule has 3 nitrogen and oxygen atoms in total. The quantitative estimate of drug-likeness (QED) is 0.769. The topological polar surface area (TPSA) is 38.3 Å². The number of benzene rings is 1. The van der Waals surface area contributed by atoms with Crippen LogP contribution in [-0.4, -0.2) is 19.1 Å². The first-order valence-corrected chi connectivity index (χ1v) is 6.14. The molecule has 0 heterocycles. The fourth-order valence-electron chi connectivity index (χ4n) is 1.48. The van der Waals surface area contributed by atoms with Crippen molar-refractivity contribution in [3.63, 3.8) is 0 Å². The van der Waals surface area contributed by atoms with Crippen molar-refractivity contribution in [1.82, 2.24) is 0 Å². The molecule has 0 radical (unpaired) electrons. The van der Waals surface area contributed by atoms with Gasteiger partial charge in [-0.1, -0.05) is 19.9 Å². The smallest absolute Gasteiger partial charge is 0.338 e. The Morgan fingerprint density at radius 1 is 1.41 bits per heavy atom. The van der Waals surface area contributed by atoms with E-state index in [4.69, 9.17) is 4.74 Å². The lowest BCUT2D eigenvalue weighted by atomic mass is 10.1. The highest BCUT2D eigenvalue weighted by molar-refractivity contribution is 5.90. The van der Waals surface area contributed by atoms with E-state index in [1.807, 2.05) is 25.1 Å². The Morgan fingerprint density at radius 3 is 2.82 bits per heavy atom. The van der Waals surface area contributed by atoms with E-state index in [0.717, 1.165) is 18.7 Å². The van der Waals surface area contributed by atoms with Gasteiger partial charge in [-0.05, 0) is 37.5 Å². The summed E-state index contributed by atoms with van der Waals surface area (Å²) >= 11 is 0. The molecule has 0 unspecified atom stereocenters. The van der Waals surface area contributed by atoms with Crippen molar-refractivity contribution in [2.75, 3.05) is 18.5 Å². The number of carbonyl (C=O) groups excluding carboxylic acids is 1. The Kier molecular flexibility index (Phi) is 5.53. The summed E-state index contributed by atoms with van der Waals surface area (Å²) in [5.74, 6) is 0.413. The summed E-state index contributed by atoms with van der Waals surface area (Å²) in [4.78, 5) is 11.5. The average Bonchev–Trinajstić information content (AvgIpc) is 2.29. The minimum atomic E-state index is -0.264. The second-order valence-electron chi connectivity index (χ2n) is 4.41. The largest absolute Gasteiger partial charge is 0.462 e. The van der Waals surface area contributed by atoms with Gasteiger partial charge < -0.3 is 10.1 Å². The second kappa shape index (κ2) is 6.94. The Labute approximate surface area is 103 Å². The molecule has 0 aromatic heterocycles. The molecule has 1 aromatic carbocycles. The van der Waals surface area contributed by atoms with Crippen LogP contribution in [0.15, 0.2) is 24.3 Å². The van der Waals surface area contributed by atoms with Crippen LogP contribution in [0.3, 0.4) is 0 Å². The van der Waals surface area contributed by atoms with Gasteiger partial charge in [-0.15, -0.1) is 0 Å². The molecule has 1 N–H and O–H groups in total. The lowest BCUT2D eigenvalue weighted by Crippen LogP contribution is -2.07. The van der Waals surface area contributed by atoms with Crippen LogP contribution in [0.4, 0.5) is 5.69 Å². The number of rotatable bonds is 6. The van der Waals surface area contributed by atoms with E-state index in [0.29, 0.717) is 18.1 Å². The van der Waals surface area contributed by atoms with Crippen molar-refractivity contribution in [1.29, 1.82) is 0 Å². The van der Waals surface area contributed by atoms with E-state index in [9.17, 15) is 4.79 Å². The number of hydrogen-bond acceptors (Lipinski definition) is 3. The van der Waals surface area contributed by atoms with Crippen LogP contribution in [0.5, 0.6) is 0 Å². The predicted molar refractivity (Wildman–Crippen MR) is 70.3 cm³/mol. The van der Waals surface area contributed by atoms with Crippen LogP contribution < -0.4 is 5.32 Å². The molecule has 0 amide bonds. The van der Waals surface area contributed by atoms with E-state index >= 15 is 0 Å². The standard InChI is InChI=1S/C14H21NO2/c1-4-17-14(16)12-6-5-7-13(10-12)15-9-8-11(2)3/h5-7,10-11,15H,4,8-9H2,1-3H3. The van der Waals surface area contributed by atoms with E-state index in [-0.39, 0.29) is 5.97 Å². The van der Waals surface area contributed by atoms with Crippen LogP contribution in [0.25, 0.3) is 0 Å². The predicted octanol–water partition coefficient (Wildman–Crippen LogP) is 3.32. The number of carbonyl (C=O) groups is 1. The molecule has 0 saturated carbocycles. The van der Waals surface area contributed by atoms with Crippen molar-refractivity contribution in [2.24, 2.45) is 5.92 Å². The van der Waals surface area contributed by atoms with Crippen molar-refractivity contribution < 1.29 is 9.53 Å². The van der Waals surface area contributed by atoms with Crippen molar-refractivity contribution in [3.8, 4) is 0 Å². The zero-order valence-corrected chi connectivity index (χ0v) is 10.8. The van der Waals surface area contributed by atoms with Gasteiger partial charge in [-0.3, -0.25) is 0 Å². The van der Waals surface area contributed by atoms with Crippen LogP contribution >= 0.6 is 0 Å². The zero-order chi connectivity index (χ0) is 12.7. The normalized spacial score (nSPS) is 10.4. The number of hydrogen-bond donors (Lipinski definition) is 1. The van der Waals surface area contributed by atoms with Gasteiger partial charge in [-0.25, -0.2) is 4.79 Å². The van der Waals surface area contributed by atoms with E-state index in [1.54, 1.807) is 6.07 Å². The summed E-state index contributed by atoms with van der Waals surface area (Å²) in [5, 5.41) is 3.31. The maximum absolute atomic E-state index is 11.5. The molecule has 0 fully saturated rings. The summed E-state index contributed by atoms with van der Waals surface area (Å²) in [6.07, 6.45) is 1.11. The highest BCUT2D eigenvalue weighted by atomic mass is 16.5. The summed E-state index contributed by atoms with van der Waals surface area (Å²) in [6.45, 7) is 7.52. The molecule has 17 heavy (non-hydrogen) atoms. The second-order valence-corrected chi connectivity index (χ2v) is 4.41. The van der Waals surface area contributed by atoms with Gasteiger partial charge in [0, 0.05) is 12.2 Å². The fourth-order valence-corrected chi connectivity index (χ4v) is 1.48. The van der Waals surface area contributed by atoms with Gasteiger partial charge in [0.05, 0.1) is 12.2 Å². The molecule has 0 aliphatic carbocycles. The van der Waals surface area contributed by atoms with Crippen LogP contribution in [0.2, 0.25) is 0 Å². The summed E-state index contributed by atoms with van der Waals surface area (Å²) in [6, 6.07) is 7.43. The minimum absolute atomic E-state index is 0.264. The number of ether oxygens (including phenoxy) is 1. The number of anilines is 1. The van der Waals surface area contributed by atoms with Crippen molar-refractivity contribution in [2.45, 2.75) is 27.2 Å². The zero-order valence-electron chi connectivity index (χ0n) is 10.8. The lowest BCUT2D eigenvalue weighted by Gasteiger charge is -2.09. The van der Waals surface area contributed by atoms with E-state index < -0.39 is 0 Å². The third kappa shape index (κ3) is 4.89. The minimum Gasteiger partial charge on any atom is -0.462 e. The molecule has 0 bridgehead atoms. The first-order chi connectivity index (χ1) is 8.13. The molecule has 1 aromatic rings. The van der Waals surface area contributed by atoms with Gasteiger partial charge in [-0.2, -0.15) is 0 Å². The lowest BCUT2D eigenvalue weighted by molar-refractivity contribution is 0.0526. The van der Waals surface area contributed by atoms with Gasteiger partial charge >= 0.3 is 5.97 Å². The summed E-state index contributed by atoms with van der Waals surface area (Å²) in [5.41, 5.74) is 1.57. The first kappa shape index (κ1) is 13.6.